The molecule has 3 aromatic rings. The first-order chi connectivity index (χ1) is 22.8. The van der Waals surface area contributed by atoms with Gasteiger partial charge >= 0.3 is 6.03 Å². The summed E-state index contributed by atoms with van der Waals surface area (Å²) in [5, 5.41) is 3.78. The molecule has 3 aromatic carbocycles. The Morgan fingerprint density at radius 1 is 0.872 bits per heavy atom. The Morgan fingerprint density at radius 2 is 1.55 bits per heavy atom. The van der Waals surface area contributed by atoms with Crippen LogP contribution in [0.1, 0.15) is 68.8 Å². The van der Waals surface area contributed by atoms with Crippen LogP contribution in [0.25, 0.3) is 0 Å². The van der Waals surface area contributed by atoms with Gasteiger partial charge in [-0.15, -0.1) is 0 Å². The summed E-state index contributed by atoms with van der Waals surface area (Å²) in [7, 11) is 0. The van der Waals surface area contributed by atoms with E-state index in [1.807, 2.05) is 44.7 Å². The van der Waals surface area contributed by atoms with Crippen LogP contribution < -0.4 is 24.3 Å². The normalized spacial score (nSPS) is 18.0. The molecule has 1 N–H and O–H groups in total. The standard InChI is InChI=1S/C37H47ClFN3O5/c1-5-44-33-14-11-25(19-34(33)45-6-2)18-32-30-22-36(47-8-4)35(46-7-3)20-26(30)15-17-42(32)37(43)40-29-10-9-16-41(24-29)23-27-12-13-28(39)21-31(27)38/h11-14,19-22,29,32H,5-10,15-18,23-24H2,1-4H3,(H,40,43). The Labute approximate surface area is 283 Å². The second kappa shape index (κ2) is 16.4. The van der Waals surface area contributed by atoms with Gasteiger partial charge in [0.2, 0.25) is 0 Å². The van der Waals surface area contributed by atoms with Crippen molar-refractivity contribution in [2.75, 3.05) is 46.1 Å². The Balaban J connectivity index is 1.40. The van der Waals surface area contributed by atoms with E-state index in [1.54, 1.807) is 6.07 Å². The molecular formula is C37H47ClFN3O5. The molecule has 5 rings (SSSR count). The van der Waals surface area contributed by atoms with Gasteiger partial charge in [-0.1, -0.05) is 23.7 Å². The number of carbonyl (C=O) groups excluding carboxylic acids is 1. The number of benzene rings is 3. The number of hydrogen-bond acceptors (Lipinski definition) is 6. The number of nitrogens with zero attached hydrogens (tertiary/aromatic N) is 2. The smallest absolute Gasteiger partial charge is 0.318 e. The maximum Gasteiger partial charge on any atom is 0.318 e. The molecule has 2 heterocycles. The van der Waals surface area contributed by atoms with Crippen LogP contribution in [0, 0.1) is 5.82 Å². The summed E-state index contributed by atoms with van der Waals surface area (Å²) in [4.78, 5) is 18.4. The number of halogens is 2. The maximum absolute atomic E-state index is 14.2. The Kier molecular flexibility index (Phi) is 12.1. The lowest BCUT2D eigenvalue weighted by Gasteiger charge is -2.40. The minimum atomic E-state index is -0.345. The molecule has 0 aromatic heterocycles. The number of rotatable bonds is 13. The second-order valence-corrected chi connectivity index (χ2v) is 12.3. The third-order valence-electron chi connectivity index (χ3n) is 8.70. The second-order valence-electron chi connectivity index (χ2n) is 11.9. The van der Waals surface area contributed by atoms with Gasteiger partial charge in [0.25, 0.3) is 0 Å². The third kappa shape index (κ3) is 8.62. The first-order valence-electron chi connectivity index (χ1n) is 16.9. The molecule has 8 nitrogen and oxygen atoms in total. The number of piperidine rings is 1. The van der Waals surface area contributed by atoms with Crippen molar-refractivity contribution in [3.8, 4) is 23.0 Å². The predicted octanol–water partition coefficient (Wildman–Crippen LogP) is 7.59. The van der Waals surface area contributed by atoms with E-state index in [2.05, 4.69) is 28.4 Å². The molecule has 0 saturated carbocycles. The lowest BCUT2D eigenvalue weighted by Crippen LogP contribution is -2.53. The van der Waals surface area contributed by atoms with Crippen LogP contribution in [-0.2, 0) is 19.4 Å². The topological polar surface area (TPSA) is 72.5 Å². The first kappa shape index (κ1) is 34.6. The molecule has 0 aliphatic carbocycles. The van der Waals surface area contributed by atoms with Gasteiger partial charge in [0.1, 0.15) is 5.82 Å². The van der Waals surface area contributed by atoms with Crippen molar-refractivity contribution in [1.82, 2.24) is 15.1 Å². The highest BCUT2D eigenvalue weighted by Gasteiger charge is 2.34. The van der Waals surface area contributed by atoms with E-state index in [0.717, 1.165) is 47.4 Å². The predicted molar refractivity (Wildman–Crippen MR) is 183 cm³/mol. The number of likely N-dealkylation sites (tertiary alicyclic amines) is 1. The van der Waals surface area contributed by atoms with Crippen molar-refractivity contribution in [2.24, 2.45) is 0 Å². The first-order valence-corrected chi connectivity index (χ1v) is 17.2. The lowest BCUT2D eigenvalue weighted by atomic mass is 9.88. The van der Waals surface area contributed by atoms with Gasteiger partial charge in [0.15, 0.2) is 23.0 Å². The fraction of sp³-hybridized carbons (Fsp3) is 0.486. The SMILES string of the molecule is CCOc1ccc(CC2c3cc(OCC)c(OCC)cc3CCN2C(=O)NC2CCCN(Cc3ccc(F)cc3Cl)C2)cc1OCC. The quantitative estimate of drug-likeness (QED) is 0.203. The van der Waals surface area contributed by atoms with Crippen LogP contribution in [0.5, 0.6) is 23.0 Å². The van der Waals surface area contributed by atoms with Gasteiger partial charge < -0.3 is 29.2 Å². The van der Waals surface area contributed by atoms with Crippen molar-refractivity contribution in [1.29, 1.82) is 0 Å². The molecule has 0 spiro atoms. The van der Waals surface area contributed by atoms with E-state index in [1.165, 1.54) is 12.1 Å². The highest BCUT2D eigenvalue weighted by Crippen LogP contribution is 2.41. The monoisotopic (exact) mass is 667 g/mol. The average molecular weight is 668 g/mol. The molecular weight excluding hydrogens is 621 g/mol. The minimum absolute atomic E-state index is 0.0214. The zero-order valence-electron chi connectivity index (χ0n) is 28.0. The van der Waals surface area contributed by atoms with Crippen molar-refractivity contribution in [3.63, 3.8) is 0 Å². The van der Waals surface area contributed by atoms with Crippen molar-refractivity contribution < 1.29 is 28.1 Å². The number of ether oxygens (including phenoxy) is 4. The number of amides is 2. The summed E-state index contributed by atoms with van der Waals surface area (Å²) in [6.07, 6.45) is 3.13. The van der Waals surface area contributed by atoms with E-state index < -0.39 is 0 Å². The summed E-state index contributed by atoms with van der Waals surface area (Å²) < 4.78 is 37.3. The molecule has 0 radical (unpaired) electrons. The highest BCUT2D eigenvalue weighted by molar-refractivity contribution is 6.31. The van der Waals surface area contributed by atoms with Gasteiger partial charge in [0.05, 0.1) is 32.5 Å². The van der Waals surface area contributed by atoms with Crippen LogP contribution in [0.4, 0.5) is 9.18 Å². The van der Waals surface area contributed by atoms with E-state index in [9.17, 15) is 9.18 Å². The third-order valence-corrected chi connectivity index (χ3v) is 9.05. The van der Waals surface area contributed by atoms with Gasteiger partial charge in [-0.3, -0.25) is 4.90 Å². The fourth-order valence-corrected chi connectivity index (χ4v) is 6.85. The van der Waals surface area contributed by atoms with Crippen LogP contribution in [0.3, 0.4) is 0 Å². The highest BCUT2D eigenvalue weighted by atomic mass is 35.5. The molecule has 2 aliphatic rings. The summed E-state index contributed by atoms with van der Waals surface area (Å²) >= 11 is 6.33. The number of hydrogen-bond donors (Lipinski definition) is 1. The molecule has 47 heavy (non-hydrogen) atoms. The zero-order valence-corrected chi connectivity index (χ0v) is 28.7. The van der Waals surface area contributed by atoms with Gasteiger partial charge in [-0.2, -0.15) is 0 Å². The van der Waals surface area contributed by atoms with Crippen LogP contribution >= 0.6 is 11.6 Å². The van der Waals surface area contributed by atoms with E-state index in [4.69, 9.17) is 30.5 Å². The zero-order chi connectivity index (χ0) is 33.3. The van der Waals surface area contributed by atoms with Crippen molar-refractivity contribution in [3.05, 3.63) is 81.6 Å². The average Bonchev–Trinajstić information content (AvgIpc) is 3.05. The van der Waals surface area contributed by atoms with Crippen LogP contribution in [0.2, 0.25) is 5.02 Å². The molecule has 2 atom stereocenters. The lowest BCUT2D eigenvalue weighted by molar-refractivity contribution is 0.146. The van der Waals surface area contributed by atoms with Crippen LogP contribution in [0.15, 0.2) is 48.5 Å². The molecule has 2 amide bonds. The Morgan fingerprint density at radius 3 is 2.26 bits per heavy atom. The minimum Gasteiger partial charge on any atom is -0.490 e. The Bertz CT molecular complexity index is 1520. The van der Waals surface area contributed by atoms with Gasteiger partial charge in [-0.25, -0.2) is 9.18 Å². The molecule has 1 saturated heterocycles. The fourth-order valence-electron chi connectivity index (χ4n) is 6.62. The van der Waals surface area contributed by atoms with Crippen molar-refractivity contribution in [2.45, 2.75) is 72.0 Å². The molecule has 2 aliphatic heterocycles. The largest absolute Gasteiger partial charge is 0.490 e. The van der Waals surface area contributed by atoms with Crippen molar-refractivity contribution >= 4 is 17.6 Å². The van der Waals surface area contributed by atoms with E-state index in [0.29, 0.717) is 81.2 Å². The summed E-state index contributed by atoms with van der Waals surface area (Å²) in [6.45, 7) is 12.7. The molecule has 0 bridgehead atoms. The molecule has 1 fully saturated rings. The number of urea groups is 1. The molecule has 254 valence electrons. The summed E-state index contributed by atoms with van der Waals surface area (Å²) in [5.41, 5.74) is 4.13. The summed E-state index contributed by atoms with van der Waals surface area (Å²) in [5.74, 6) is 2.48. The Hall–Kier alpha value is -3.69. The van der Waals surface area contributed by atoms with Gasteiger partial charge in [0, 0.05) is 30.7 Å². The maximum atomic E-state index is 14.2. The van der Waals surface area contributed by atoms with Gasteiger partial charge in [-0.05, 0) is 119 Å². The van der Waals surface area contributed by atoms with Crippen LogP contribution in [-0.4, -0.2) is 67.9 Å². The van der Waals surface area contributed by atoms with E-state index in [-0.39, 0.29) is 23.9 Å². The molecule has 10 heteroatoms. The number of carbonyl (C=O) groups is 1. The summed E-state index contributed by atoms with van der Waals surface area (Å²) in [6, 6.07) is 14.3. The number of fused-ring (bicyclic) bond motifs is 1. The number of nitrogens with one attached hydrogen (secondary N) is 1. The van der Waals surface area contributed by atoms with E-state index >= 15 is 0 Å². The molecule has 2 unspecified atom stereocenters.